The van der Waals surface area contributed by atoms with Gasteiger partial charge >= 0.3 is 12.0 Å². The maximum absolute atomic E-state index is 12.2. The van der Waals surface area contributed by atoms with Gasteiger partial charge in [0, 0.05) is 12.2 Å². The number of carbonyl (C=O) groups excluding carboxylic acids is 3. The molecule has 0 spiro atoms. The minimum absolute atomic E-state index is 0.134. The summed E-state index contributed by atoms with van der Waals surface area (Å²) in [6.07, 6.45) is -0.951. The molecule has 4 N–H and O–H groups in total. The predicted molar refractivity (Wildman–Crippen MR) is 102 cm³/mol. The number of amides is 3. The molecule has 0 unspecified atom stereocenters. The zero-order chi connectivity index (χ0) is 19.8. The first kappa shape index (κ1) is 20.0. The molecule has 27 heavy (non-hydrogen) atoms. The standard InChI is InChI=1S/C20H23N3O4/c1-13(15-7-4-3-5-8-15)12-22-18(24)14(2)27-19(25)16-9-6-10-17(11-16)23-20(21)26/h3-11,13-14H,12H2,1-2H3,(H,22,24)(H3,21,23,26)/t13-,14+/m1/s1. The molecule has 2 rings (SSSR count). The Morgan fingerprint density at radius 3 is 2.41 bits per heavy atom. The van der Waals surface area contributed by atoms with Crippen LogP contribution in [-0.2, 0) is 9.53 Å². The Bertz CT molecular complexity index is 808. The van der Waals surface area contributed by atoms with E-state index in [0.717, 1.165) is 5.56 Å². The number of urea groups is 1. The number of carbonyl (C=O) groups is 3. The first-order valence-corrected chi connectivity index (χ1v) is 8.57. The van der Waals surface area contributed by atoms with Gasteiger partial charge in [0.25, 0.3) is 5.91 Å². The number of nitrogens with two attached hydrogens (primary N) is 1. The van der Waals surface area contributed by atoms with Gasteiger partial charge in [-0.05, 0) is 36.6 Å². The van der Waals surface area contributed by atoms with Gasteiger partial charge < -0.3 is 21.1 Å². The summed E-state index contributed by atoms with van der Waals surface area (Å²) in [6, 6.07) is 15.2. The molecule has 142 valence electrons. The van der Waals surface area contributed by atoms with Crippen molar-refractivity contribution in [3.05, 3.63) is 65.7 Å². The van der Waals surface area contributed by atoms with Crippen molar-refractivity contribution in [2.45, 2.75) is 25.9 Å². The second-order valence-electron chi connectivity index (χ2n) is 6.17. The lowest BCUT2D eigenvalue weighted by molar-refractivity contribution is -0.129. The average molecular weight is 369 g/mol. The monoisotopic (exact) mass is 369 g/mol. The topological polar surface area (TPSA) is 111 Å². The normalized spacial score (nSPS) is 12.5. The van der Waals surface area contributed by atoms with E-state index in [1.54, 1.807) is 12.1 Å². The molecule has 0 saturated heterocycles. The highest BCUT2D eigenvalue weighted by atomic mass is 16.5. The van der Waals surface area contributed by atoms with Crippen molar-refractivity contribution in [3.8, 4) is 0 Å². The van der Waals surface area contributed by atoms with E-state index in [1.165, 1.54) is 19.1 Å². The first-order valence-electron chi connectivity index (χ1n) is 8.57. The third-order valence-corrected chi connectivity index (χ3v) is 3.97. The molecule has 0 aliphatic carbocycles. The molecular weight excluding hydrogens is 346 g/mol. The Balaban J connectivity index is 1.88. The minimum atomic E-state index is -0.951. The van der Waals surface area contributed by atoms with E-state index in [0.29, 0.717) is 12.2 Å². The molecule has 0 bridgehead atoms. The van der Waals surface area contributed by atoms with Crippen LogP contribution < -0.4 is 16.4 Å². The van der Waals surface area contributed by atoms with Crippen LogP contribution in [0.5, 0.6) is 0 Å². The van der Waals surface area contributed by atoms with E-state index in [1.807, 2.05) is 37.3 Å². The third-order valence-electron chi connectivity index (χ3n) is 3.97. The lowest BCUT2D eigenvalue weighted by Crippen LogP contribution is -2.37. The fraction of sp³-hybridized carbons (Fsp3) is 0.250. The SMILES string of the molecule is C[C@H](OC(=O)c1cccc(NC(N)=O)c1)C(=O)NC[C@@H](C)c1ccccc1. The van der Waals surface area contributed by atoms with E-state index in [2.05, 4.69) is 10.6 Å². The van der Waals surface area contributed by atoms with Crippen LogP contribution >= 0.6 is 0 Å². The van der Waals surface area contributed by atoms with E-state index in [-0.39, 0.29) is 17.4 Å². The van der Waals surface area contributed by atoms with Crippen molar-refractivity contribution in [1.29, 1.82) is 0 Å². The summed E-state index contributed by atoms with van der Waals surface area (Å²) in [7, 11) is 0. The van der Waals surface area contributed by atoms with Crippen LogP contribution in [0.2, 0.25) is 0 Å². The Morgan fingerprint density at radius 1 is 1.04 bits per heavy atom. The highest BCUT2D eigenvalue weighted by Gasteiger charge is 2.19. The van der Waals surface area contributed by atoms with Crippen molar-refractivity contribution >= 4 is 23.6 Å². The van der Waals surface area contributed by atoms with Crippen LogP contribution in [0.3, 0.4) is 0 Å². The summed E-state index contributed by atoms with van der Waals surface area (Å²) in [4.78, 5) is 35.3. The number of hydrogen-bond donors (Lipinski definition) is 3. The van der Waals surface area contributed by atoms with Gasteiger partial charge in [0.2, 0.25) is 0 Å². The summed E-state index contributed by atoms with van der Waals surface area (Å²) < 4.78 is 5.20. The molecule has 0 saturated carbocycles. The molecule has 0 heterocycles. The summed E-state index contributed by atoms with van der Waals surface area (Å²) in [5.74, 6) is -0.908. The lowest BCUT2D eigenvalue weighted by Gasteiger charge is -2.17. The molecule has 0 aliphatic heterocycles. The molecular formula is C20H23N3O4. The number of ether oxygens (including phenoxy) is 1. The second-order valence-corrected chi connectivity index (χ2v) is 6.17. The van der Waals surface area contributed by atoms with Crippen molar-refractivity contribution in [2.75, 3.05) is 11.9 Å². The highest BCUT2D eigenvalue weighted by Crippen LogP contribution is 2.14. The fourth-order valence-electron chi connectivity index (χ4n) is 2.45. The van der Waals surface area contributed by atoms with Gasteiger partial charge in [-0.2, -0.15) is 0 Å². The zero-order valence-electron chi connectivity index (χ0n) is 15.3. The van der Waals surface area contributed by atoms with Crippen molar-refractivity contribution in [2.24, 2.45) is 5.73 Å². The Kier molecular flexibility index (Phi) is 6.93. The molecule has 2 aromatic rings. The van der Waals surface area contributed by atoms with Crippen molar-refractivity contribution < 1.29 is 19.1 Å². The number of rotatable bonds is 7. The summed E-state index contributed by atoms with van der Waals surface area (Å²) in [5, 5.41) is 5.16. The molecule has 3 amide bonds. The third kappa shape index (κ3) is 6.14. The van der Waals surface area contributed by atoms with E-state index in [9.17, 15) is 14.4 Å². The quantitative estimate of drug-likeness (QED) is 0.652. The maximum Gasteiger partial charge on any atom is 0.338 e. The van der Waals surface area contributed by atoms with Gasteiger partial charge in [0.05, 0.1) is 5.56 Å². The molecule has 0 fully saturated rings. The minimum Gasteiger partial charge on any atom is -0.449 e. The van der Waals surface area contributed by atoms with Gasteiger partial charge in [-0.1, -0.05) is 43.3 Å². The second kappa shape index (κ2) is 9.38. The molecule has 7 nitrogen and oxygen atoms in total. The molecule has 2 atom stereocenters. The fourth-order valence-corrected chi connectivity index (χ4v) is 2.45. The van der Waals surface area contributed by atoms with Crippen molar-refractivity contribution in [3.63, 3.8) is 0 Å². The summed E-state index contributed by atoms with van der Waals surface area (Å²) in [6.45, 7) is 3.94. The maximum atomic E-state index is 12.2. The predicted octanol–water partition coefficient (Wildman–Crippen LogP) is 2.64. The highest BCUT2D eigenvalue weighted by molar-refractivity contribution is 5.94. The summed E-state index contributed by atoms with van der Waals surface area (Å²) >= 11 is 0. The van der Waals surface area contributed by atoms with Crippen LogP contribution in [0.1, 0.15) is 35.7 Å². The van der Waals surface area contributed by atoms with E-state index in [4.69, 9.17) is 10.5 Å². The number of hydrogen-bond acceptors (Lipinski definition) is 4. The van der Waals surface area contributed by atoms with Crippen molar-refractivity contribution in [1.82, 2.24) is 5.32 Å². The first-order chi connectivity index (χ1) is 12.9. The van der Waals surface area contributed by atoms with Crippen LogP contribution in [0.4, 0.5) is 10.5 Å². The van der Waals surface area contributed by atoms with Crippen LogP contribution in [0.25, 0.3) is 0 Å². The van der Waals surface area contributed by atoms with Crippen LogP contribution in [0, 0.1) is 0 Å². The van der Waals surface area contributed by atoms with Crippen LogP contribution in [0.15, 0.2) is 54.6 Å². The van der Waals surface area contributed by atoms with Gasteiger partial charge in [-0.3, -0.25) is 4.79 Å². The van der Waals surface area contributed by atoms with E-state index < -0.39 is 18.1 Å². The molecule has 0 aromatic heterocycles. The van der Waals surface area contributed by atoms with Gasteiger partial charge in [-0.25, -0.2) is 9.59 Å². The van der Waals surface area contributed by atoms with Crippen LogP contribution in [-0.4, -0.2) is 30.6 Å². The lowest BCUT2D eigenvalue weighted by atomic mass is 10.0. The molecule has 0 radical (unpaired) electrons. The van der Waals surface area contributed by atoms with Gasteiger partial charge in [0.15, 0.2) is 6.10 Å². The number of esters is 1. The van der Waals surface area contributed by atoms with E-state index >= 15 is 0 Å². The average Bonchev–Trinajstić information content (AvgIpc) is 2.66. The zero-order valence-corrected chi connectivity index (χ0v) is 15.3. The Morgan fingerprint density at radius 2 is 1.74 bits per heavy atom. The number of nitrogens with one attached hydrogen (secondary N) is 2. The Hall–Kier alpha value is -3.35. The number of anilines is 1. The summed E-state index contributed by atoms with van der Waals surface area (Å²) in [5.41, 5.74) is 6.74. The number of primary amides is 1. The smallest absolute Gasteiger partial charge is 0.338 e. The largest absolute Gasteiger partial charge is 0.449 e. The molecule has 2 aromatic carbocycles. The van der Waals surface area contributed by atoms with Gasteiger partial charge in [0.1, 0.15) is 0 Å². The molecule has 0 aliphatic rings. The Labute approximate surface area is 157 Å². The van der Waals surface area contributed by atoms with Gasteiger partial charge in [-0.15, -0.1) is 0 Å². The number of benzene rings is 2. The molecule has 7 heteroatoms.